The fraction of sp³-hybridized carbons (Fsp3) is 0.636. The van der Waals surface area contributed by atoms with Crippen LogP contribution in [0.5, 0.6) is 0 Å². The fourth-order valence-corrected chi connectivity index (χ4v) is 1.95. The van der Waals surface area contributed by atoms with E-state index in [0.717, 1.165) is 38.4 Å². The molecule has 2 rings (SSSR count). The van der Waals surface area contributed by atoms with E-state index in [1.807, 2.05) is 0 Å². The highest BCUT2D eigenvalue weighted by Gasteiger charge is 2.19. The van der Waals surface area contributed by atoms with Crippen molar-refractivity contribution in [3.8, 4) is 0 Å². The minimum atomic E-state index is -0.115. The number of likely N-dealkylation sites (N-methyl/N-ethyl adjacent to an activating group) is 1. The quantitative estimate of drug-likeness (QED) is 0.819. The summed E-state index contributed by atoms with van der Waals surface area (Å²) < 4.78 is 5.58. The van der Waals surface area contributed by atoms with Crippen LogP contribution in [0.15, 0.2) is 17.2 Å². The molecule has 1 aliphatic heterocycles. The molecule has 0 amide bonds. The molecule has 1 atom stereocenters. The summed E-state index contributed by atoms with van der Waals surface area (Å²) in [6.07, 6.45) is 3.95. The van der Waals surface area contributed by atoms with E-state index in [1.54, 1.807) is 0 Å². The summed E-state index contributed by atoms with van der Waals surface area (Å²) >= 11 is 0. The highest BCUT2D eigenvalue weighted by atomic mass is 16.5. The zero-order valence-corrected chi connectivity index (χ0v) is 9.48. The summed E-state index contributed by atoms with van der Waals surface area (Å²) in [6, 6.07) is 1.53. The van der Waals surface area contributed by atoms with Gasteiger partial charge in [-0.1, -0.05) is 0 Å². The highest BCUT2D eigenvalue weighted by molar-refractivity contribution is 5.36. The molecule has 0 saturated carbocycles. The number of rotatable bonds is 4. The van der Waals surface area contributed by atoms with E-state index in [1.165, 1.54) is 12.4 Å². The molecular formula is C11H17N3O2. The van der Waals surface area contributed by atoms with Gasteiger partial charge in [-0.2, -0.15) is 0 Å². The molecule has 1 saturated heterocycles. The van der Waals surface area contributed by atoms with Gasteiger partial charge in [-0.05, 0) is 19.8 Å². The van der Waals surface area contributed by atoms with Crippen LogP contribution in [-0.2, 0) is 4.74 Å². The summed E-state index contributed by atoms with van der Waals surface area (Å²) in [5.41, 5.74) is -0.115. The molecule has 1 aliphatic rings. The monoisotopic (exact) mass is 223 g/mol. The Morgan fingerprint density at radius 1 is 1.69 bits per heavy atom. The van der Waals surface area contributed by atoms with Gasteiger partial charge in [0.1, 0.15) is 5.82 Å². The van der Waals surface area contributed by atoms with Crippen LogP contribution < -0.4 is 10.5 Å². The summed E-state index contributed by atoms with van der Waals surface area (Å²) in [5, 5.41) is 0. The van der Waals surface area contributed by atoms with E-state index in [4.69, 9.17) is 4.74 Å². The van der Waals surface area contributed by atoms with Crippen LogP contribution in [0, 0.1) is 0 Å². The number of nitrogens with zero attached hydrogens (tertiary/aromatic N) is 2. The van der Waals surface area contributed by atoms with Crippen molar-refractivity contribution >= 4 is 5.82 Å². The number of hydrogen-bond acceptors (Lipinski definition) is 4. The lowest BCUT2D eigenvalue weighted by Gasteiger charge is -2.24. The van der Waals surface area contributed by atoms with E-state index < -0.39 is 0 Å². The Morgan fingerprint density at radius 3 is 3.19 bits per heavy atom. The van der Waals surface area contributed by atoms with Crippen molar-refractivity contribution in [1.82, 2.24) is 9.97 Å². The van der Waals surface area contributed by atoms with Crippen LogP contribution in [0.1, 0.15) is 19.8 Å². The standard InChI is InChI=1S/C11H17N3O2/c1-2-14(7-9-4-3-5-16-9)10-6-11(15)13-8-12-10/h6,8-9H,2-5,7H2,1H3,(H,12,13,15). The van der Waals surface area contributed by atoms with Crippen LogP contribution in [0.2, 0.25) is 0 Å². The smallest absolute Gasteiger partial charge is 0.252 e. The van der Waals surface area contributed by atoms with Gasteiger partial charge in [-0.15, -0.1) is 0 Å². The van der Waals surface area contributed by atoms with E-state index in [9.17, 15) is 4.79 Å². The minimum absolute atomic E-state index is 0.115. The first kappa shape index (κ1) is 11.1. The second-order valence-electron chi connectivity index (χ2n) is 3.94. The third kappa shape index (κ3) is 2.61. The van der Waals surface area contributed by atoms with Crippen LogP contribution in [0.3, 0.4) is 0 Å². The SMILES string of the molecule is CCN(CC1CCCO1)c1cc(=O)[nH]cn1. The first-order valence-corrected chi connectivity index (χ1v) is 5.71. The number of anilines is 1. The lowest BCUT2D eigenvalue weighted by atomic mass is 10.2. The predicted molar refractivity (Wildman–Crippen MR) is 61.7 cm³/mol. The second kappa shape index (κ2) is 5.12. The second-order valence-corrected chi connectivity index (χ2v) is 3.94. The first-order valence-electron chi connectivity index (χ1n) is 5.71. The van der Waals surface area contributed by atoms with Crippen molar-refractivity contribution in [3.63, 3.8) is 0 Å². The van der Waals surface area contributed by atoms with Crippen molar-refractivity contribution in [2.24, 2.45) is 0 Å². The molecule has 0 aromatic carbocycles. The maximum atomic E-state index is 11.2. The molecule has 1 fully saturated rings. The highest BCUT2D eigenvalue weighted by Crippen LogP contribution is 2.16. The predicted octanol–water partition coefficient (Wildman–Crippen LogP) is 0.775. The average molecular weight is 223 g/mol. The van der Waals surface area contributed by atoms with Crippen molar-refractivity contribution in [2.75, 3.05) is 24.6 Å². The van der Waals surface area contributed by atoms with Crippen molar-refractivity contribution in [2.45, 2.75) is 25.9 Å². The van der Waals surface area contributed by atoms with E-state index >= 15 is 0 Å². The summed E-state index contributed by atoms with van der Waals surface area (Å²) in [4.78, 5) is 20.0. The topological polar surface area (TPSA) is 58.2 Å². The minimum Gasteiger partial charge on any atom is -0.376 e. The Morgan fingerprint density at radius 2 is 2.56 bits per heavy atom. The van der Waals surface area contributed by atoms with Gasteiger partial charge in [-0.3, -0.25) is 4.79 Å². The van der Waals surface area contributed by atoms with E-state index in [2.05, 4.69) is 21.8 Å². The lowest BCUT2D eigenvalue weighted by Crippen LogP contribution is -2.33. The van der Waals surface area contributed by atoms with Gasteiger partial charge in [0.2, 0.25) is 0 Å². The lowest BCUT2D eigenvalue weighted by molar-refractivity contribution is 0.115. The number of hydrogen-bond donors (Lipinski definition) is 1. The first-order chi connectivity index (χ1) is 7.79. The van der Waals surface area contributed by atoms with Crippen LogP contribution in [0.25, 0.3) is 0 Å². The molecule has 5 nitrogen and oxygen atoms in total. The molecule has 2 heterocycles. The zero-order chi connectivity index (χ0) is 11.4. The van der Waals surface area contributed by atoms with Gasteiger partial charge >= 0.3 is 0 Å². The van der Waals surface area contributed by atoms with Crippen LogP contribution in [0.4, 0.5) is 5.82 Å². The molecule has 1 aromatic rings. The molecule has 0 spiro atoms. The van der Waals surface area contributed by atoms with Gasteiger partial charge < -0.3 is 14.6 Å². The van der Waals surface area contributed by atoms with E-state index in [0.29, 0.717) is 0 Å². The van der Waals surface area contributed by atoms with Crippen molar-refractivity contribution in [1.29, 1.82) is 0 Å². The maximum Gasteiger partial charge on any atom is 0.252 e. The van der Waals surface area contributed by atoms with Gasteiger partial charge in [-0.25, -0.2) is 4.98 Å². The largest absolute Gasteiger partial charge is 0.376 e. The summed E-state index contributed by atoms with van der Waals surface area (Å²) in [6.45, 7) is 4.55. The third-order valence-electron chi connectivity index (χ3n) is 2.82. The maximum absolute atomic E-state index is 11.2. The molecule has 1 N–H and O–H groups in total. The van der Waals surface area contributed by atoms with Crippen molar-refractivity contribution < 1.29 is 4.74 Å². The van der Waals surface area contributed by atoms with Crippen molar-refractivity contribution in [3.05, 3.63) is 22.7 Å². The third-order valence-corrected chi connectivity index (χ3v) is 2.82. The molecule has 1 unspecified atom stereocenters. The van der Waals surface area contributed by atoms with Gasteiger partial charge in [0.15, 0.2) is 0 Å². The van der Waals surface area contributed by atoms with E-state index in [-0.39, 0.29) is 11.7 Å². The van der Waals surface area contributed by atoms with Gasteiger partial charge in [0, 0.05) is 25.8 Å². The molecule has 1 aromatic heterocycles. The molecule has 16 heavy (non-hydrogen) atoms. The molecule has 0 radical (unpaired) electrons. The Hall–Kier alpha value is -1.36. The molecule has 88 valence electrons. The Balaban J connectivity index is 2.06. The van der Waals surface area contributed by atoms with Gasteiger partial charge in [0.25, 0.3) is 5.56 Å². The Bertz CT molecular complexity index is 385. The fourth-order valence-electron chi connectivity index (χ4n) is 1.95. The van der Waals surface area contributed by atoms with Crippen LogP contribution in [-0.4, -0.2) is 35.8 Å². The molecular weight excluding hydrogens is 206 g/mol. The zero-order valence-electron chi connectivity index (χ0n) is 9.48. The number of aromatic nitrogens is 2. The number of H-pyrrole nitrogens is 1. The van der Waals surface area contributed by atoms with Crippen LogP contribution >= 0.6 is 0 Å². The average Bonchev–Trinajstić information content (AvgIpc) is 2.78. The number of nitrogens with one attached hydrogen (secondary N) is 1. The normalized spacial score (nSPS) is 19.9. The number of aromatic amines is 1. The van der Waals surface area contributed by atoms with Gasteiger partial charge in [0.05, 0.1) is 12.4 Å². The Kier molecular flexibility index (Phi) is 3.56. The summed E-state index contributed by atoms with van der Waals surface area (Å²) in [5.74, 6) is 0.724. The summed E-state index contributed by atoms with van der Waals surface area (Å²) in [7, 11) is 0. The Labute approximate surface area is 94.5 Å². The molecule has 0 aliphatic carbocycles. The molecule has 0 bridgehead atoms. The number of ether oxygens (including phenoxy) is 1. The molecule has 5 heteroatoms.